The number of nitrogen functional groups attached to an aromatic ring is 1. The molecule has 10 nitrogen and oxygen atoms in total. The number of anilines is 2. The maximum atomic E-state index is 6.27. The summed E-state index contributed by atoms with van der Waals surface area (Å²) < 4.78 is 16.4. The summed E-state index contributed by atoms with van der Waals surface area (Å²) in [7, 11) is 0. The van der Waals surface area contributed by atoms with Crippen LogP contribution in [0.4, 0.5) is 11.5 Å². The number of ether oxygens (including phenoxy) is 2. The Morgan fingerprint density at radius 1 is 1.06 bits per heavy atom. The number of aryl methyl sites for hydroxylation is 1. The summed E-state index contributed by atoms with van der Waals surface area (Å²) in [5, 5.41) is 11.2. The van der Waals surface area contributed by atoms with Gasteiger partial charge in [0, 0.05) is 43.4 Å². The molecule has 0 atom stereocenters. The number of benzene rings is 1. The molecule has 1 aromatic carbocycles. The van der Waals surface area contributed by atoms with Gasteiger partial charge in [-0.15, -0.1) is 10.2 Å². The number of pyridine rings is 1. The van der Waals surface area contributed by atoms with E-state index >= 15 is 0 Å². The Morgan fingerprint density at radius 3 is 2.50 bits per heavy atom. The van der Waals surface area contributed by atoms with Crippen molar-refractivity contribution in [3.8, 4) is 17.2 Å². The number of hydrogen-bond donors (Lipinski definition) is 2. The van der Waals surface area contributed by atoms with Crippen molar-refractivity contribution in [1.29, 1.82) is 0 Å². The first kappa shape index (κ1) is 25.3. The summed E-state index contributed by atoms with van der Waals surface area (Å²) in [6.07, 6.45) is 8.63. The predicted octanol–water partition coefficient (Wildman–Crippen LogP) is 4.81. The highest BCUT2D eigenvalue weighted by atomic mass is 16.5. The summed E-state index contributed by atoms with van der Waals surface area (Å²) in [6, 6.07) is 7.90. The van der Waals surface area contributed by atoms with Gasteiger partial charge in [0.2, 0.25) is 12.3 Å². The second-order valence-corrected chi connectivity index (χ2v) is 8.53. The van der Waals surface area contributed by atoms with Gasteiger partial charge in [-0.1, -0.05) is 0 Å². The summed E-state index contributed by atoms with van der Waals surface area (Å²) in [4.78, 5) is 13.4. The molecule has 36 heavy (non-hydrogen) atoms. The van der Waals surface area contributed by atoms with Gasteiger partial charge in [-0.05, 0) is 64.7 Å². The Kier molecular flexibility index (Phi) is 8.62. The molecule has 1 fully saturated rings. The number of nitrogens with zero attached hydrogens (tertiary/aromatic N) is 5. The van der Waals surface area contributed by atoms with Crippen molar-refractivity contribution < 1.29 is 13.9 Å². The molecule has 0 saturated heterocycles. The lowest BCUT2D eigenvalue weighted by Crippen LogP contribution is -2.31. The maximum Gasteiger partial charge on any atom is 0.249 e. The molecular formula is C26H33N7O3. The van der Waals surface area contributed by atoms with Crippen LogP contribution in [0, 0.1) is 6.92 Å². The van der Waals surface area contributed by atoms with Gasteiger partial charge in [0.1, 0.15) is 17.1 Å². The first-order valence-electron chi connectivity index (χ1n) is 12.3. The van der Waals surface area contributed by atoms with Gasteiger partial charge in [0.25, 0.3) is 0 Å². The normalized spacial score (nSPS) is 17.3. The van der Waals surface area contributed by atoms with Crippen molar-refractivity contribution in [1.82, 2.24) is 25.1 Å². The smallest absolute Gasteiger partial charge is 0.249 e. The van der Waals surface area contributed by atoms with Crippen LogP contribution in [0.3, 0.4) is 0 Å². The minimum Gasteiger partial charge on any atom is -0.488 e. The Balaban J connectivity index is 0.000000556. The van der Waals surface area contributed by atoms with Crippen LogP contribution < -0.4 is 15.8 Å². The van der Waals surface area contributed by atoms with Gasteiger partial charge < -0.3 is 24.9 Å². The van der Waals surface area contributed by atoms with E-state index in [-0.39, 0.29) is 6.10 Å². The molecule has 4 aromatic rings. The molecule has 0 spiro atoms. The van der Waals surface area contributed by atoms with E-state index in [0.29, 0.717) is 23.4 Å². The molecule has 1 saturated carbocycles. The van der Waals surface area contributed by atoms with E-state index in [9.17, 15) is 0 Å². The van der Waals surface area contributed by atoms with E-state index < -0.39 is 0 Å². The first-order chi connectivity index (χ1) is 17.6. The Morgan fingerprint density at radius 2 is 1.83 bits per heavy atom. The molecule has 5 rings (SSSR count). The number of nitrogens with two attached hydrogens (primary N) is 1. The fraction of sp³-hybridized carbons (Fsp3) is 0.423. The van der Waals surface area contributed by atoms with Crippen LogP contribution in [0.25, 0.3) is 22.5 Å². The lowest BCUT2D eigenvalue weighted by Gasteiger charge is -2.30. The second kappa shape index (κ2) is 12.3. The monoisotopic (exact) mass is 491 g/mol. The van der Waals surface area contributed by atoms with Crippen LogP contribution >= 0.6 is 0 Å². The zero-order valence-electron chi connectivity index (χ0n) is 21.0. The standard InChI is InChI=1S/C22H23N7O2.C4H10O/c1-13-17(22-29-26-12-30-22)6-7-20(27-13)28-15-2-4-16(5-3-15)31-19-11-14(23)10-18-21(19)25-9-8-24-18;1-3-5-4-2/h6-12,15-16H,2-5,23H2,1H3,(H,27,28);3-4H2,1-2H3. The molecule has 0 unspecified atom stereocenters. The lowest BCUT2D eigenvalue weighted by atomic mass is 9.93. The summed E-state index contributed by atoms with van der Waals surface area (Å²) >= 11 is 0. The number of aromatic nitrogens is 5. The molecule has 0 bridgehead atoms. The van der Waals surface area contributed by atoms with Crippen molar-refractivity contribution in [3.05, 3.63) is 48.7 Å². The molecule has 0 radical (unpaired) electrons. The Hall–Kier alpha value is -3.79. The largest absolute Gasteiger partial charge is 0.488 e. The highest BCUT2D eigenvalue weighted by Gasteiger charge is 2.24. The predicted molar refractivity (Wildman–Crippen MR) is 139 cm³/mol. The lowest BCUT2D eigenvalue weighted by molar-refractivity contribution is 0.152. The number of nitrogens with one attached hydrogen (secondary N) is 1. The van der Waals surface area contributed by atoms with E-state index in [4.69, 9.17) is 19.6 Å². The van der Waals surface area contributed by atoms with Crippen molar-refractivity contribution in [2.75, 3.05) is 24.3 Å². The molecule has 190 valence electrons. The van der Waals surface area contributed by atoms with Crippen molar-refractivity contribution in [3.63, 3.8) is 0 Å². The van der Waals surface area contributed by atoms with Gasteiger partial charge in [-0.2, -0.15) is 0 Å². The summed E-state index contributed by atoms with van der Waals surface area (Å²) in [5.41, 5.74) is 9.83. The fourth-order valence-electron chi connectivity index (χ4n) is 4.23. The Bertz CT molecular complexity index is 1240. The van der Waals surface area contributed by atoms with Crippen LogP contribution in [0.2, 0.25) is 0 Å². The quantitative estimate of drug-likeness (QED) is 0.347. The topological polar surface area (TPSA) is 134 Å². The van der Waals surface area contributed by atoms with Crippen LogP contribution in [0.5, 0.6) is 5.75 Å². The van der Waals surface area contributed by atoms with E-state index in [1.165, 1.54) is 6.39 Å². The van der Waals surface area contributed by atoms with Gasteiger partial charge in [0.05, 0.1) is 22.9 Å². The first-order valence-corrected chi connectivity index (χ1v) is 12.3. The molecule has 0 amide bonds. The van der Waals surface area contributed by atoms with E-state index in [1.807, 2.05) is 45.0 Å². The maximum absolute atomic E-state index is 6.27. The third-order valence-electron chi connectivity index (χ3n) is 5.97. The van der Waals surface area contributed by atoms with Gasteiger partial charge in [-0.3, -0.25) is 4.98 Å². The highest BCUT2D eigenvalue weighted by molar-refractivity contribution is 5.84. The minimum atomic E-state index is 0.125. The Labute approximate surface area is 210 Å². The van der Waals surface area contributed by atoms with Gasteiger partial charge in [0.15, 0.2) is 0 Å². The van der Waals surface area contributed by atoms with E-state index in [0.717, 1.165) is 67.0 Å². The van der Waals surface area contributed by atoms with Crippen LogP contribution in [-0.4, -0.2) is 50.5 Å². The molecule has 3 N–H and O–H groups in total. The molecule has 0 aliphatic heterocycles. The molecular weight excluding hydrogens is 458 g/mol. The van der Waals surface area contributed by atoms with Gasteiger partial charge >= 0.3 is 0 Å². The zero-order valence-corrected chi connectivity index (χ0v) is 21.0. The van der Waals surface area contributed by atoms with Crippen molar-refractivity contribution in [2.24, 2.45) is 0 Å². The average molecular weight is 492 g/mol. The third-order valence-corrected chi connectivity index (χ3v) is 5.97. The summed E-state index contributed by atoms with van der Waals surface area (Å²) in [6.45, 7) is 7.61. The van der Waals surface area contributed by atoms with E-state index in [1.54, 1.807) is 12.4 Å². The number of rotatable bonds is 7. The molecule has 3 aromatic heterocycles. The molecule has 3 heterocycles. The SMILES string of the molecule is CCOCC.Cc1nc(NC2CCC(Oc3cc(N)cc4nccnc34)CC2)ccc1-c1nnco1. The van der Waals surface area contributed by atoms with Crippen LogP contribution in [0.15, 0.2) is 47.5 Å². The number of fused-ring (bicyclic) bond motifs is 1. The van der Waals surface area contributed by atoms with Crippen LogP contribution in [-0.2, 0) is 4.74 Å². The molecule has 1 aliphatic carbocycles. The summed E-state index contributed by atoms with van der Waals surface area (Å²) in [5.74, 6) is 2.03. The molecule has 1 aliphatic rings. The third kappa shape index (κ3) is 6.45. The number of hydrogen-bond acceptors (Lipinski definition) is 10. The van der Waals surface area contributed by atoms with Crippen molar-refractivity contribution in [2.45, 2.75) is 58.6 Å². The molecule has 10 heteroatoms. The highest BCUT2D eigenvalue weighted by Crippen LogP contribution is 2.31. The fourth-order valence-corrected chi connectivity index (χ4v) is 4.23. The van der Waals surface area contributed by atoms with Gasteiger partial charge in [-0.25, -0.2) is 9.97 Å². The van der Waals surface area contributed by atoms with Crippen LogP contribution in [0.1, 0.15) is 45.2 Å². The average Bonchev–Trinajstić information content (AvgIpc) is 3.41. The van der Waals surface area contributed by atoms with E-state index in [2.05, 4.69) is 30.5 Å². The zero-order chi connectivity index (χ0) is 25.3. The second-order valence-electron chi connectivity index (χ2n) is 8.53. The van der Waals surface area contributed by atoms with Crippen molar-refractivity contribution >= 4 is 22.5 Å². The minimum absolute atomic E-state index is 0.125.